The van der Waals surface area contributed by atoms with Crippen molar-refractivity contribution in [1.82, 2.24) is 10.2 Å². The predicted molar refractivity (Wildman–Crippen MR) is 150 cm³/mol. The highest BCUT2D eigenvalue weighted by atomic mass is 16.5. The van der Waals surface area contributed by atoms with Gasteiger partial charge in [0.1, 0.15) is 23.5 Å². The van der Waals surface area contributed by atoms with Crippen molar-refractivity contribution < 1.29 is 29.0 Å². The first kappa shape index (κ1) is 32.2. The molecule has 0 atom stereocenters. The summed E-state index contributed by atoms with van der Waals surface area (Å²) in [6.07, 6.45) is 9.49. The van der Waals surface area contributed by atoms with E-state index >= 15 is 0 Å². The average Bonchev–Trinajstić information content (AvgIpc) is 2.90. The lowest BCUT2D eigenvalue weighted by Crippen LogP contribution is -2.67. The van der Waals surface area contributed by atoms with E-state index in [-0.39, 0.29) is 25.6 Å². The molecule has 0 bridgehead atoms. The van der Waals surface area contributed by atoms with Crippen LogP contribution in [0.2, 0.25) is 0 Å². The number of nitrogens with one attached hydrogen (secondary N) is 1. The van der Waals surface area contributed by atoms with Gasteiger partial charge < -0.3 is 19.5 Å². The topological polar surface area (TPSA) is 105 Å². The van der Waals surface area contributed by atoms with Crippen LogP contribution >= 0.6 is 0 Å². The number of hydrogen-bond donors (Lipinski definition) is 2. The van der Waals surface area contributed by atoms with E-state index in [9.17, 15) is 14.4 Å². The minimum atomic E-state index is -1.44. The maximum atomic E-state index is 12.8. The van der Waals surface area contributed by atoms with Crippen LogP contribution in [0.5, 0.6) is 0 Å². The van der Waals surface area contributed by atoms with Crippen molar-refractivity contribution in [2.24, 2.45) is 5.41 Å². The fraction of sp³-hybridized carbons (Fsp3) is 0.433. The summed E-state index contributed by atoms with van der Waals surface area (Å²) in [5.41, 5.74) is 1.40. The minimum Gasteiger partial charge on any atom is -0.497 e. The summed E-state index contributed by atoms with van der Waals surface area (Å²) in [6.45, 7) is 12.0. The first-order chi connectivity index (χ1) is 18.3. The van der Waals surface area contributed by atoms with Gasteiger partial charge in [-0.15, -0.1) is 0 Å². The quantitative estimate of drug-likeness (QED) is 0.402. The number of allylic oxidation sites excluding steroid dienone is 6. The molecule has 0 spiro atoms. The van der Waals surface area contributed by atoms with E-state index in [1.54, 1.807) is 19.2 Å². The standard InChI is InChI=1S/C26H30N2O6.2C2H6/c1-4-5-22(14-19-8-12-21(33-3)13-9-19)34-17-26(24(30)27-25(31)32)15-28(16-26)23(29)20-10-6-18(2)7-11-20;2*1-2/h5-8,10-14H,4,9,15-17H2,1-3H3,(H,27,30)(H,31,32);2*1-2H3/b19-14-,22-5+;;. The van der Waals surface area contributed by atoms with Gasteiger partial charge in [-0.2, -0.15) is 0 Å². The largest absolute Gasteiger partial charge is 0.497 e. The number of carboxylic acid groups (broad SMARTS) is 1. The Labute approximate surface area is 226 Å². The van der Waals surface area contributed by atoms with Crippen LogP contribution in [0, 0.1) is 12.3 Å². The lowest BCUT2D eigenvalue weighted by atomic mass is 9.79. The zero-order chi connectivity index (χ0) is 28.7. The molecule has 3 amide bonds. The highest BCUT2D eigenvalue weighted by molar-refractivity contribution is 5.99. The van der Waals surface area contributed by atoms with Crippen LogP contribution in [0.3, 0.4) is 0 Å². The van der Waals surface area contributed by atoms with Gasteiger partial charge in [0.25, 0.3) is 5.91 Å². The van der Waals surface area contributed by atoms with Gasteiger partial charge in [0, 0.05) is 18.7 Å². The Morgan fingerprint density at radius 1 is 1.08 bits per heavy atom. The Bertz CT molecular complexity index is 1060. The molecule has 38 heavy (non-hydrogen) atoms. The zero-order valence-corrected chi connectivity index (χ0v) is 23.7. The van der Waals surface area contributed by atoms with Crippen LogP contribution in [-0.2, 0) is 14.3 Å². The number of imide groups is 1. The molecule has 3 rings (SSSR count). The second-order valence-electron chi connectivity index (χ2n) is 8.44. The van der Waals surface area contributed by atoms with Gasteiger partial charge in [0.15, 0.2) is 0 Å². The maximum Gasteiger partial charge on any atom is 0.411 e. The van der Waals surface area contributed by atoms with Crippen LogP contribution < -0.4 is 5.32 Å². The van der Waals surface area contributed by atoms with Crippen LogP contribution in [0.4, 0.5) is 4.79 Å². The summed E-state index contributed by atoms with van der Waals surface area (Å²) in [4.78, 5) is 38.2. The Morgan fingerprint density at radius 3 is 2.21 bits per heavy atom. The van der Waals surface area contributed by atoms with Gasteiger partial charge in [0.2, 0.25) is 5.91 Å². The number of benzene rings is 1. The average molecular weight is 527 g/mol. The normalized spacial score (nSPS) is 16.5. The molecule has 1 heterocycles. The van der Waals surface area contributed by atoms with E-state index in [0.29, 0.717) is 24.2 Å². The predicted octanol–water partition coefficient (Wildman–Crippen LogP) is 6.01. The molecule has 8 nitrogen and oxygen atoms in total. The first-order valence-corrected chi connectivity index (χ1v) is 13.1. The maximum absolute atomic E-state index is 12.8. The van der Waals surface area contributed by atoms with Crippen molar-refractivity contribution in [1.29, 1.82) is 0 Å². The first-order valence-electron chi connectivity index (χ1n) is 13.1. The number of methoxy groups -OCH3 is 1. The van der Waals surface area contributed by atoms with Gasteiger partial charge >= 0.3 is 6.09 Å². The summed E-state index contributed by atoms with van der Waals surface area (Å²) in [5.74, 6) is 0.485. The molecule has 1 aromatic rings. The second kappa shape index (κ2) is 16.1. The third-order valence-electron chi connectivity index (χ3n) is 5.76. The Morgan fingerprint density at radius 2 is 1.71 bits per heavy atom. The molecule has 2 N–H and O–H groups in total. The number of likely N-dealkylation sites (tertiary alicyclic amines) is 1. The van der Waals surface area contributed by atoms with Crippen molar-refractivity contribution in [2.45, 2.75) is 54.4 Å². The summed E-state index contributed by atoms with van der Waals surface area (Å²) >= 11 is 0. The molecule has 0 radical (unpaired) electrons. The number of carbonyl (C=O) groups is 3. The molecule has 1 aliphatic carbocycles. The molecular weight excluding hydrogens is 484 g/mol. The Hall–Kier alpha value is -3.81. The van der Waals surface area contributed by atoms with Gasteiger partial charge in [-0.25, -0.2) is 4.79 Å². The van der Waals surface area contributed by atoms with E-state index in [4.69, 9.17) is 14.6 Å². The van der Waals surface area contributed by atoms with Crippen LogP contribution in [0.15, 0.2) is 71.7 Å². The summed E-state index contributed by atoms with van der Waals surface area (Å²) in [5, 5.41) is 11.0. The molecule has 0 aromatic heterocycles. The van der Waals surface area contributed by atoms with E-state index in [0.717, 1.165) is 16.9 Å². The number of nitrogens with zero attached hydrogens (tertiary/aromatic N) is 1. The van der Waals surface area contributed by atoms with Gasteiger partial charge in [-0.3, -0.25) is 14.9 Å². The molecule has 0 unspecified atom stereocenters. The molecule has 1 fully saturated rings. The SMILES string of the molecule is CC.CC.CC/C=C(\C=C1\C=CC(OC)=CC1)OCC1(C(=O)NC(=O)O)CN(C(=O)c2ccc(C)cc2)C1. The number of amides is 3. The summed E-state index contributed by atoms with van der Waals surface area (Å²) in [6, 6.07) is 7.17. The number of aryl methyl sites for hydroxylation is 1. The number of carbonyl (C=O) groups excluding carboxylic acids is 2. The molecular formula is C30H42N2O6. The zero-order valence-electron chi connectivity index (χ0n) is 23.7. The monoisotopic (exact) mass is 526 g/mol. The van der Waals surface area contributed by atoms with E-state index in [1.165, 1.54) is 4.90 Å². The molecule has 1 saturated heterocycles. The van der Waals surface area contributed by atoms with Crippen molar-refractivity contribution in [3.05, 3.63) is 82.9 Å². The molecule has 0 saturated carbocycles. The number of hydrogen-bond acceptors (Lipinski definition) is 5. The van der Waals surface area contributed by atoms with Gasteiger partial charge in [0.05, 0.1) is 7.11 Å². The molecule has 2 aliphatic rings. The van der Waals surface area contributed by atoms with Gasteiger partial charge in [-0.05, 0) is 61.8 Å². The molecule has 8 heteroatoms. The summed E-state index contributed by atoms with van der Waals surface area (Å²) in [7, 11) is 1.61. The molecule has 1 aliphatic heterocycles. The smallest absolute Gasteiger partial charge is 0.411 e. The fourth-order valence-corrected chi connectivity index (χ4v) is 3.80. The Balaban J connectivity index is 0.00000172. The van der Waals surface area contributed by atoms with Crippen LogP contribution in [0.25, 0.3) is 0 Å². The van der Waals surface area contributed by atoms with E-state index < -0.39 is 17.4 Å². The molecule has 208 valence electrons. The number of ether oxygens (including phenoxy) is 2. The van der Waals surface area contributed by atoms with Crippen molar-refractivity contribution >= 4 is 17.9 Å². The van der Waals surface area contributed by atoms with Crippen molar-refractivity contribution in [3.63, 3.8) is 0 Å². The van der Waals surface area contributed by atoms with Crippen molar-refractivity contribution in [3.8, 4) is 0 Å². The van der Waals surface area contributed by atoms with Gasteiger partial charge in [-0.1, -0.05) is 58.4 Å². The van der Waals surface area contributed by atoms with Crippen LogP contribution in [0.1, 0.15) is 63.4 Å². The fourth-order valence-electron chi connectivity index (χ4n) is 3.80. The van der Waals surface area contributed by atoms with E-state index in [2.05, 4.69) is 0 Å². The number of rotatable bonds is 8. The lowest BCUT2D eigenvalue weighted by molar-refractivity contribution is -0.143. The second-order valence-corrected chi connectivity index (χ2v) is 8.44. The summed E-state index contributed by atoms with van der Waals surface area (Å²) < 4.78 is 11.2. The Kier molecular flexibility index (Phi) is 13.7. The van der Waals surface area contributed by atoms with E-state index in [1.807, 2.05) is 89.4 Å². The minimum absolute atomic E-state index is 0.0533. The third-order valence-corrected chi connectivity index (χ3v) is 5.76. The van der Waals surface area contributed by atoms with Crippen molar-refractivity contribution in [2.75, 3.05) is 26.8 Å². The van der Waals surface area contributed by atoms with Crippen LogP contribution in [-0.4, -0.2) is 54.7 Å². The lowest BCUT2D eigenvalue weighted by Gasteiger charge is -2.48. The highest BCUT2D eigenvalue weighted by Gasteiger charge is 2.52. The highest BCUT2D eigenvalue weighted by Crippen LogP contribution is 2.34. The molecule has 1 aromatic carbocycles. The third kappa shape index (κ3) is 8.94.